The number of benzene rings is 1. The zero-order valence-corrected chi connectivity index (χ0v) is 10.5. The van der Waals surface area contributed by atoms with Gasteiger partial charge in [0.2, 0.25) is 0 Å². The fourth-order valence-electron chi connectivity index (χ4n) is 1.17. The van der Waals surface area contributed by atoms with Crippen molar-refractivity contribution in [2.45, 2.75) is 6.92 Å². The second-order valence-electron chi connectivity index (χ2n) is 3.40. The van der Waals surface area contributed by atoms with E-state index in [4.69, 9.17) is 11.0 Å². The Hall–Kier alpha value is -1.78. The molecule has 17 heavy (non-hydrogen) atoms. The van der Waals surface area contributed by atoms with Gasteiger partial charge in [0.25, 0.3) is 0 Å². The van der Waals surface area contributed by atoms with Gasteiger partial charge in [0.1, 0.15) is 6.07 Å². The van der Waals surface area contributed by atoms with Gasteiger partial charge in [0.15, 0.2) is 0 Å². The van der Waals surface area contributed by atoms with Gasteiger partial charge in [-0.3, -0.25) is 4.72 Å². The van der Waals surface area contributed by atoms with Crippen LogP contribution in [0.5, 0.6) is 0 Å². The molecule has 0 atom stereocenters. The van der Waals surface area contributed by atoms with Gasteiger partial charge in [-0.15, -0.1) is 0 Å². The summed E-state index contributed by atoms with van der Waals surface area (Å²) in [5.74, 6) is 0. The zero-order valence-electron chi connectivity index (χ0n) is 9.64. The molecule has 7 heteroatoms. The number of anilines is 2. The maximum Gasteiger partial charge on any atom is 0.301 e. The van der Waals surface area contributed by atoms with E-state index in [1.165, 1.54) is 13.1 Å². The van der Waals surface area contributed by atoms with Gasteiger partial charge in [-0.2, -0.15) is 18.0 Å². The highest BCUT2D eigenvalue weighted by Gasteiger charge is 2.18. The Balaban J connectivity index is 3.14. The van der Waals surface area contributed by atoms with Crippen molar-refractivity contribution in [2.75, 3.05) is 24.0 Å². The summed E-state index contributed by atoms with van der Waals surface area (Å²) in [7, 11) is -2.19. The van der Waals surface area contributed by atoms with E-state index in [0.29, 0.717) is 6.54 Å². The molecule has 1 aromatic carbocycles. The molecule has 0 bridgehead atoms. The van der Waals surface area contributed by atoms with Gasteiger partial charge in [0.05, 0.1) is 16.9 Å². The number of nitrogens with zero attached hydrogens (tertiary/aromatic N) is 2. The van der Waals surface area contributed by atoms with Crippen LogP contribution in [0.1, 0.15) is 12.5 Å². The molecule has 0 fully saturated rings. The molecule has 1 rings (SSSR count). The Kier molecular flexibility index (Phi) is 3.93. The van der Waals surface area contributed by atoms with Crippen LogP contribution in [0.2, 0.25) is 0 Å². The van der Waals surface area contributed by atoms with Crippen LogP contribution in [0.3, 0.4) is 0 Å². The van der Waals surface area contributed by atoms with Gasteiger partial charge in [-0.05, 0) is 12.1 Å². The molecule has 0 amide bonds. The normalized spacial score (nSPS) is 11.2. The summed E-state index contributed by atoms with van der Waals surface area (Å²) in [6, 6.07) is 6.49. The summed E-state index contributed by atoms with van der Waals surface area (Å²) in [4.78, 5) is 0. The number of hydrogen-bond acceptors (Lipinski definition) is 4. The van der Waals surface area contributed by atoms with Gasteiger partial charge in [0, 0.05) is 13.6 Å². The van der Waals surface area contributed by atoms with Crippen molar-refractivity contribution in [1.29, 1.82) is 5.26 Å². The molecule has 0 aromatic heterocycles. The number of nitrogen functional groups attached to an aromatic ring is 1. The molecule has 0 spiro atoms. The van der Waals surface area contributed by atoms with E-state index in [1.807, 2.05) is 6.07 Å². The van der Waals surface area contributed by atoms with Gasteiger partial charge < -0.3 is 5.73 Å². The highest BCUT2D eigenvalue weighted by Crippen LogP contribution is 2.22. The Labute approximate surface area is 101 Å². The van der Waals surface area contributed by atoms with Crippen molar-refractivity contribution in [3.63, 3.8) is 0 Å². The molecule has 0 aliphatic heterocycles. The standard InChI is InChI=1S/C10H14N4O2S/c1-3-14(2)17(15,16)13-10-6-4-5-9(12)8(10)7-11/h4-6,13H,3,12H2,1-2H3. The van der Waals surface area contributed by atoms with Gasteiger partial charge in [-0.25, -0.2) is 0 Å². The Morgan fingerprint density at radius 2 is 2.18 bits per heavy atom. The average Bonchev–Trinajstić information content (AvgIpc) is 2.27. The lowest BCUT2D eigenvalue weighted by molar-refractivity contribution is 0.491. The van der Waals surface area contributed by atoms with Crippen molar-refractivity contribution in [2.24, 2.45) is 0 Å². The minimum Gasteiger partial charge on any atom is -0.398 e. The van der Waals surface area contributed by atoms with Crippen LogP contribution in [0.4, 0.5) is 11.4 Å². The topological polar surface area (TPSA) is 99.2 Å². The summed E-state index contributed by atoms with van der Waals surface area (Å²) in [6.45, 7) is 2.04. The number of nitrogens with one attached hydrogen (secondary N) is 1. The quantitative estimate of drug-likeness (QED) is 0.774. The third kappa shape index (κ3) is 2.87. The van der Waals surface area contributed by atoms with Crippen molar-refractivity contribution >= 4 is 21.6 Å². The van der Waals surface area contributed by atoms with Crippen LogP contribution in [0, 0.1) is 11.3 Å². The molecule has 1 aromatic rings. The van der Waals surface area contributed by atoms with E-state index < -0.39 is 10.2 Å². The van der Waals surface area contributed by atoms with Gasteiger partial charge >= 0.3 is 10.2 Å². The smallest absolute Gasteiger partial charge is 0.301 e. The lowest BCUT2D eigenvalue weighted by Gasteiger charge is -2.17. The Morgan fingerprint density at radius 3 is 2.71 bits per heavy atom. The summed E-state index contributed by atoms with van der Waals surface area (Å²) in [5.41, 5.74) is 6.14. The highest BCUT2D eigenvalue weighted by molar-refractivity contribution is 7.90. The fraction of sp³-hybridized carbons (Fsp3) is 0.300. The van der Waals surface area contributed by atoms with E-state index in [-0.39, 0.29) is 16.9 Å². The van der Waals surface area contributed by atoms with E-state index in [9.17, 15) is 8.42 Å². The van der Waals surface area contributed by atoms with Crippen molar-refractivity contribution in [1.82, 2.24) is 4.31 Å². The number of hydrogen-bond donors (Lipinski definition) is 2. The first-order valence-electron chi connectivity index (χ1n) is 4.95. The first-order valence-corrected chi connectivity index (χ1v) is 6.39. The number of nitrogens with two attached hydrogens (primary N) is 1. The third-order valence-corrected chi connectivity index (χ3v) is 3.86. The van der Waals surface area contributed by atoms with Crippen molar-refractivity contribution in [3.8, 4) is 6.07 Å². The molecule has 92 valence electrons. The maximum absolute atomic E-state index is 11.8. The lowest BCUT2D eigenvalue weighted by Crippen LogP contribution is -2.32. The second kappa shape index (κ2) is 5.03. The molecule has 0 aliphatic rings. The predicted octanol–water partition coefficient (Wildman–Crippen LogP) is 0.749. The molecular formula is C10H14N4O2S. The molecule has 3 N–H and O–H groups in total. The number of rotatable bonds is 4. The Bertz CT molecular complexity index is 548. The molecule has 0 heterocycles. The molecule has 0 aliphatic carbocycles. The largest absolute Gasteiger partial charge is 0.398 e. The van der Waals surface area contributed by atoms with E-state index in [1.54, 1.807) is 19.1 Å². The lowest BCUT2D eigenvalue weighted by atomic mass is 10.1. The van der Waals surface area contributed by atoms with Crippen LogP contribution in [0.25, 0.3) is 0 Å². The van der Waals surface area contributed by atoms with Crippen LogP contribution in [0.15, 0.2) is 18.2 Å². The predicted molar refractivity (Wildman–Crippen MR) is 66.4 cm³/mol. The van der Waals surface area contributed by atoms with Crippen LogP contribution < -0.4 is 10.5 Å². The van der Waals surface area contributed by atoms with Crippen molar-refractivity contribution < 1.29 is 8.42 Å². The molecule has 0 radical (unpaired) electrons. The first-order chi connectivity index (χ1) is 7.92. The third-order valence-electron chi connectivity index (χ3n) is 2.30. The number of nitriles is 1. The van der Waals surface area contributed by atoms with E-state index in [0.717, 1.165) is 4.31 Å². The highest BCUT2D eigenvalue weighted by atomic mass is 32.2. The SMILES string of the molecule is CCN(C)S(=O)(=O)Nc1cccc(N)c1C#N. The fourth-order valence-corrected chi connectivity index (χ4v) is 2.11. The molecular weight excluding hydrogens is 240 g/mol. The summed E-state index contributed by atoms with van der Waals surface area (Å²) < 4.78 is 27.0. The first kappa shape index (κ1) is 13.3. The Morgan fingerprint density at radius 1 is 1.53 bits per heavy atom. The van der Waals surface area contributed by atoms with Crippen LogP contribution >= 0.6 is 0 Å². The summed E-state index contributed by atoms with van der Waals surface area (Å²) in [5, 5.41) is 8.91. The molecule has 0 saturated heterocycles. The summed E-state index contributed by atoms with van der Waals surface area (Å²) >= 11 is 0. The molecule has 0 saturated carbocycles. The molecule has 6 nitrogen and oxygen atoms in total. The minimum atomic E-state index is -3.64. The average molecular weight is 254 g/mol. The van der Waals surface area contributed by atoms with E-state index in [2.05, 4.69) is 4.72 Å². The second-order valence-corrected chi connectivity index (χ2v) is 5.18. The van der Waals surface area contributed by atoms with E-state index >= 15 is 0 Å². The monoisotopic (exact) mass is 254 g/mol. The van der Waals surface area contributed by atoms with Crippen LogP contribution in [-0.4, -0.2) is 26.3 Å². The zero-order chi connectivity index (χ0) is 13.1. The summed E-state index contributed by atoms with van der Waals surface area (Å²) in [6.07, 6.45) is 0. The maximum atomic E-state index is 11.8. The van der Waals surface area contributed by atoms with Crippen LogP contribution in [-0.2, 0) is 10.2 Å². The van der Waals surface area contributed by atoms with Crippen molar-refractivity contribution in [3.05, 3.63) is 23.8 Å². The van der Waals surface area contributed by atoms with Gasteiger partial charge in [-0.1, -0.05) is 13.0 Å². The minimum absolute atomic E-state index is 0.126. The molecule has 0 unspecified atom stereocenters.